The minimum atomic E-state index is -3.90. The van der Waals surface area contributed by atoms with E-state index in [1.165, 1.54) is 9.87 Å². The van der Waals surface area contributed by atoms with E-state index in [1.54, 1.807) is 0 Å². The van der Waals surface area contributed by atoms with Gasteiger partial charge in [0.1, 0.15) is 0 Å². The van der Waals surface area contributed by atoms with Gasteiger partial charge >= 0.3 is 6.61 Å². The molecule has 1 fully saturated rings. The van der Waals surface area contributed by atoms with Crippen LogP contribution in [-0.2, 0) is 16.4 Å². The summed E-state index contributed by atoms with van der Waals surface area (Å²) in [7, 11) is -3.90. The van der Waals surface area contributed by atoms with Crippen molar-refractivity contribution in [2.24, 2.45) is 0 Å². The third-order valence-electron chi connectivity index (χ3n) is 4.65. The molecule has 28 heavy (non-hydrogen) atoms. The van der Waals surface area contributed by atoms with Crippen LogP contribution in [0, 0.1) is 5.82 Å². The van der Waals surface area contributed by atoms with Crippen LogP contribution in [0.25, 0.3) is 0 Å². The molecule has 152 valence electrons. The number of nitrogens with zero attached hydrogens (tertiary/aromatic N) is 2. The topological polar surface area (TPSA) is 49.9 Å². The second-order valence-electron chi connectivity index (χ2n) is 6.45. The Morgan fingerprint density at radius 2 is 1.68 bits per heavy atom. The van der Waals surface area contributed by atoms with Crippen molar-refractivity contribution in [3.8, 4) is 5.75 Å². The number of rotatable bonds is 7. The maximum atomic E-state index is 13.9. The summed E-state index contributed by atoms with van der Waals surface area (Å²) in [6, 6.07) is 12.7. The van der Waals surface area contributed by atoms with Gasteiger partial charge in [-0.15, -0.1) is 0 Å². The molecule has 0 aliphatic carbocycles. The van der Waals surface area contributed by atoms with Crippen molar-refractivity contribution >= 4 is 10.0 Å². The first kappa shape index (κ1) is 20.6. The second-order valence-corrected chi connectivity index (χ2v) is 8.39. The molecule has 0 bridgehead atoms. The van der Waals surface area contributed by atoms with Gasteiger partial charge in [0.25, 0.3) is 0 Å². The highest BCUT2D eigenvalue weighted by Gasteiger charge is 2.29. The normalized spacial score (nSPS) is 16.4. The van der Waals surface area contributed by atoms with E-state index in [-0.39, 0.29) is 18.0 Å². The number of hydrogen-bond acceptors (Lipinski definition) is 4. The van der Waals surface area contributed by atoms with Gasteiger partial charge in [0.15, 0.2) is 11.6 Å². The van der Waals surface area contributed by atoms with Crippen LogP contribution in [0.2, 0.25) is 0 Å². The van der Waals surface area contributed by atoms with E-state index in [9.17, 15) is 21.6 Å². The Morgan fingerprint density at radius 3 is 2.29 bits per heavy atom. The number of hydrogen-bond donors (Lipinski definition) is 0. The van der Waals surface area contributed by atoms with Crippen molar-refractivity contribution < 1.29 is 26.3 Å². The number of halogens is 3. The predicted molar refractivity (Wildman–Crippen MR) is 98.4 cm³/mol. The lowest BCUT2D eigenvalue weighted by atomic mass is 10.1. The zero-order chi connectivity index (χ0) is 20.1. The van der Waals surface area contributed by atoms with Gasteiger partial charge in [-0.25, -0.2) is 12.8 Å². The van der Waals surface area contributed by atoms with Crippen molar-refractivity contribution in [3.05, 3.63) is 59.9 Å². The summed E-state index contributed by atoms with van der Waals surface area (Å²) in [5.74, 6) is -1.82. The van der Waals surface area contributed by atoms with Gasteiger partial charge in [-0.3, -0.25) is 0 Å². The number of sulfonamides is 1. The van der Waals surface area contributed by atoms with E-state index in [2.05, 4.69) is 21.8 Å². The molecule has 3 rings (SSSR count). The maximum absolute atomic E-state index is 13.9. The van der Waals surface area contributed by atoms with Crippen LogP contribution in [0.4, 0.5) is 13.2 Å². The maximum Gasteiger partial charge on any atom is 0.387 e. The highest BCUT2D eigenvalue weighted by atomic mass is 32.2. The van der Waals surface area contributed by atoms with Crippen LogP contribution in [0.1, 0.15) is 5.56 Å². The van der Waals surface area contributed by atoms with Crippen LogP contribution in [0.15, 0.2) is 53.4 Å². The SMILES string of the molecule is O=S(=O)(c1ccc(OC(F)F)c(F)c1)N1CCN(CCc2ccccc2)CC1. The van der Waals surface area contributed by atoms with Crippen LogP contribution in [-0.4, -0.2) is 57.0 Å². The Hall–Kier alpha value is -2.10. The molecule has 0 spiro atoms. The van der Waals surface area contributed by atoms with Gasteiger partial charge in [-0.2, -0.15) is 13.1 Å². The molecule has 5 nitrogen and oxygen atoms in total. The number of ether oxygens (including phenoxy) is 1. The largest absolute Gasteiger partial charge is 0.432 e. The van der Waals surface area contributed by atoms with E-state index in [1.807, 2.05) is 18.2 Å². The second kappa shape index (κ2) is 8.93. The fourth-order valence-corrected chi connectivity index (χ4v) is 4.54. The molecule has 2 aromatic rings. The standard InChI is InChI=1S/C19H21F3N2O3S/c20-17-14-16(6-7-18(17)27-19(21)22)28(25,26)24-12-10-23(11-13-24)9-8-15-4-2-1-3-5-15/h1-7,14,19H,8-13H2. The van der Waals surface area contributed by atoms with Crippen molar-refractivity contribution in [2.45, 2.75) is 17.9 Å². The minimum Gasteiger partial charge on any atom is -0.432 e. The fraction of sp³-hybridized carbons (Fsp3) is 0.368. The van der Waals surface area contributed by atoms with E-state index < -0.39 is 28.2 Å². The van der Waals surface area contributed by atoms with Crippen molar-refractivity contribution in [1.82, 2.24) is 9.21 Å². The Morgan fingerprint density at radius 1 is 1.00 bits per heavy atom. The summed E-state index contributed by atoms with van der Waals surface area (Å²) >= 11 is 0. The zero-order valence-corrected chi connectivity index (χ0v) is 15.9. The average molecular weight is 414 g/mol. The highest BCUT2D eigenvalue weighted by molar-refractivity contribution is 7.89. The molecule has 2 aromatic carbocycles. The molecule has 0 radical (unpaired) electrons. The lowest BCUT2D eigenvalue weighted by Gasteiger charge is -2.34. The molecule has 1 aliphatic heterocycles. The molecule has 0 saturated carbocycles. The Balaban J connectivity index is 1.59. The van der Waals surface area contributed by atoms with Crippen LogP contribution in [0.5, 0.6) is 5.75 Å². The number of alkyl halides is 2. The molecule has 0 unspecified atom stereocenters. The number of piperazine rings is 1. The molecule has 0 N–H and O–H groups in total. The van der Waals surface area contributed by atoms with E-state index >= 15 is 0 Å². The monoisotopic (exact) mass is 414 g/mol. The lowest BCUT2D eigenvalue weighted by molar-refractivity contribution is -0.0522. The molecule has 1 heterocycles. The Bertz CT molecular complexity index is 887. The molecule has 0 aromatic heterocycles. The smallest absolute Gasteiger partial charge is 0.387 e. The molecule has 9 heteroatoms. The van der Waals surface area contributed by atoms with Gasteiger partial charge in [0.2, 0.25) is 10.0 Å². The first-order chi connectivity index (χ1) is 13.4. The van der Waals surface area contributed by atoms with E-state index in [0.717, 1.165) is 31.2 Å². The molecule has 1 aliphatic rings. The summed E-state index contributed by atoms with van der Waals surface area (Å²) in [4.78, 5) is 1.91. The van der Waals surface area contributed by atoms with Crippen molar-refractivity contribution in [2.75, 3.05) is 32.7 Å². The van der Waals surface area contributed by atoms with Crippen LogP contribution < -0.4 is 4.74 Å². The Kier molecular flexibility index (Phi) is 6.58. The summed E-state index contributed by atoms with van der Waals surface area (Å²) < 4.78 is 69.0. The molecular weight excluding hydrogens is 393 g/mol. The first-order valence-electron chi connectivity index (χ1n) is 8.87. The summed E-state index contributed by atoms with van der Waals surface area (Å²) in [5, 5.41) is 0. The predicted octanol–water partition coefficient (Wildman–Crippen LogP) is 2.98. The van der Waals surface area contributed by atoms with Gasteiger partial charge in [0, 0.05) is 32.7 Å². The van der Waals surface area contributed by atoms with Gasteiger partial charge in [-0.05, 0) is 30.2 Å². The summed E-state index contributed by atoms with van der Waals surface area (Å²) in [6.45, 7) is -0.642. The van der Waals surface area contributed by atoms with Crippen molar-refractivity contribution in [3.63, 3.8) is 0 Å². The quantitative estimate of drug-likeness (QED) is 0.699. The molecular formula is C19H21F3N2O3S. The van der Waals surface area contributed by atoms with Gasteiger partial charge < -0.3 is 9.64 Å². The number of benzene rings is 2. The average Bonchev–Trinajstić information content (AvgIpc) is 2.68. The third-order valence-corrected chi connectivity index (χ3v) is 6.54. The summed E-state index contributed by atoms with van der Waals surface area (Å²) in [5.41, 5.74) is 1.22. The third kappa shape index (κ3) is 5.03. The van der Waals surface area contributed by atoms with Gasteiger partial charge in [0.05, 0.1) is 4.90 Å². The summed E-state index contributed by atoms with van der Waals surface area (Å²) in [6.07, 6.45) is 0.879. The fourth-order valence-electron chi connectivity index (χ4n) is 3.11. The van der Waals surface area contributed by atoms with E-state index in [0.29, 0.717) is 13.1 Å². The zero-order valence-electron chi connectivity index (χ0n) is 15.1. The first-order valence-corrected chi connectivity index (χ1v) is 10.3. The molecule has 1 saturated heterocycles. The lowest BCUT2D eigenvalue weighted by Crippen LogP contribution is -2.49. The van der Waals surface area contributed by atoms with Gasteiger partial charge in [-0.1, -0.05) is 30.3 Å². The molecule has 0 amide bonds. The molecule has 0 atom stereocenters. The van der Waals surface area contributed by atoms with Crippen LogP contribution >= 0.6 is 0 Å². The highest BCUT2D eigenvalue weighted by Crippen LogP contribution is 2.25. The minimum absolute atomic E-state index is 0.274. The van der Waals surface area contributed by atoms with E-state index in [4.69, 9.17) is 0 Å². The Labute approximate surface area is 162 Å². The van der Waals surface area contributed by atoms with Crippen molar-refractivity contribution in [1.29, 1.82) is 0 Å². The van der Waals surface area contributed by atoms with Crippen LogP contribution in [0.3, 0.4) is 0 Å².